The second kappa shape index (κ2) is 7.29. The zero-order valence-corrected chi connectivity index (χ0v) is 15.4. The van der Waals surface area contributed by atoms with Gasteiger partial charge in [0.1, 0.15) is 0 Å². The summed E-state index contributed by atoms with van der Waals surface area (Å²) in [6, 6.07) is 9.34. The average Bonchev–Trinajstić information content (AvgIpc) is 2.53. The molecule has 0 spiro atoms. The van der Waals surface area contributed by atoms with Crippen molar-refractivity contribution in [3.8, 4) is 0 Å². The Hall–Kier alpha value is -1.96. The van der Waals surface area contributed by atoms with E-state index in [1.807, 2.05) is 57.2 Å². The number of carbonyl (C=O) groups excluding carboxylic acids is 2. The number of allylic oxidation sites excluding steroid dienone is 4. The molecule has 1 aliphatic rings. The van der Waals surface area contributed by atoms with Crippen molar-refractivity contribution < 1.29 is 9.59 Å². The predicted molar refractivity (Wildman–Crippen MR) is 99.0 cm³/mol. The molecule has 128 valence electrons. The van der Waals surface area contributed by atoms with Crippen LogP contribution in [-0.4, -0.2) is 11.6 Å². The van der Waals surface area contributed by atoms with Crippen LogP contribution in [0.25, 0.3) is 0 Å². The Labute approximate surface area is 145 Å². The molecular formula is C22H28O2. The lowest BCUT2D eigenvalue weighted by atomic mass is 9.72. The van der Waals surface area contributed by atoms with E-state index in [0.717, 1.165) is 23.1 Å². The number of carbonyl (C=O) groups is 2. The van der Waals surface area contributed by atoms with Gasteiger partial charge in [-0.25, -0.2) is 0 Å². The molecule has 2 nitrogen and oxygen atoms in total. The topological polar surface area (TPSA) is 34.1 Å². The molecule has 0 aromatic heterocycles. The average molecular weight is 324 g/mol. The fourth-order valence-electron chi connectivity index (χ4n) is 3.54. The predicted octanol–water partition coefficient (Wildman–Crippen LogP) is 5.40. The Balaban J connectivity index is 2.11. The molecule has 1 aliphatic carbocycles. The van der Waals surface area contributed by atoms with E-state index in [1.54, 1.807) is 0 Å². The van der Waals surface area contributed by atoms with Crippen LogP contribution in [0.3, 0.4) is 0 Å². The minimum Gasteiger partial charge on any atom is -0.295 e. The molecule has 24 heavy (non-hydrogen) atoms. The van der Waals surface area contributed by atoms with Crippen molar-refractivity contribution >= 4 is 11.6 Å². The molecule has 2 rings (SSSR count). The zero-order valence-electron chi connectivity index (χ0n) is 15.4. The lowest BCUT2D eigenvalue weighted by molar-refractivity contribution is -0.117. The monoisotopic (exact) mass is 324 g/mol. The lowest BCUT2D eigenvalue weighted by Gasteiger charge is -2.31. The van der Waals surface area contributed by atoms with Gasteiger partial charge in [-0.2, -0.15) is 0 Å². The molecule has 2 atom stereocenters. The Kier molecular flexibility index (Phi) is 5.58. The smallest absolute Gasteiger partial charge is 0.165 e. The van der Waals surface area contributed by atoms with Gasteiger partial charge in [-0.05, 0) is 30.3 Å². The summed E-state index contributed by atoms with van der Waals surface area (Å²) in [5, 5.41) is 0. The van der Waals surface area contributed by atoms with E-state index in [4.69, 9.17) is 0 Å². The van der Waals surface area contributed by atoms with Crippen molar-refractivity contribution in [2.45, 2.75) is 47.5 Å². The van der Waals surface area contributed by atoms with Gasteiger partial charge in [0.15, 0.2) is 11.6 Å². The van der Waals surface area contributed by atoms with E-state index in [9.17, 15) is 9.59 Å². The van der Waals surface area contributed by atoms with E-state index >= 15 is 0 Å². The lowest BCUT2D eigenvalue weighted by Crippen LogP contribution is -2.28. The maximum Gasteiger partial charge on any atom is 0.165 e. The van der Waals surface area contributed by atoms with Crippen LogP contribution in [0.2, 0.25) is 0 Å². The highest BCUT2D eigenvalue weighted by Gasteiger charge is 2.33. The molecule has 0 aliphatic heterocycles. The van der Waals surface area contributed by atoms with Crippen molar-refractivity contribution in [1.29, 1.82) is 0 Å². The Morgan fingerprint density at radius 3 is 2.33 bits per heavy atom. The van der Waals surface area contributed by atoms with Crippen LogP contribution in [0.15, 0.2) is 53.6 Å². The number of hydrogen-bond acceptors (Lipinski definition) is 2. The Morgan fingerprint density at radius 2 is 1.75 bits per heavy atom. The molecular weight excluding hydrogens is 296 g/mol. The maximum atomic E-state index is 12.9. The second-order valence-corrected chi connectivity index (χ2v) is 7.67. The molecule has 0 heterocycles. The van der Waals surface area contributed by atoms with Crippen LogP contribution in [-0.2, 0) is 4.79 Å². The first-order valence-corrected chi connectivity index (χ1v) is 8.74. The first kappa shape index (κ1) is 18.4. The van der Waals surface area contributed by atoms with Gasteiger partial charge in [0.25, 0.3) is 0 Å². The number of ketones is 2. The van der Waals surface area contributed by atoms with Crippen LogP contribution in [0.5, 0.6) is 0 Å². The number of hydrogen-bond donors (Lipinski definition) is 0. The fraction of sp³-hybridized carbons (Fsp3) is 0.455. The quantitative estimate of drug-likeness (QED) is 0.656. The third kappa shape index (κ3) is 3.92. The van der Waals surface area contributed by atoms with Gasteiger partial charge in [-0.15, -0.1) is 0 Å². The molecule has 0 radical (unpaired) electrons. The summed E-state index contributed by atoms with van der Waals surface area (Å²) in [6.07, 6.45) is 5.49. The third-order valence-corrected chi connectivity index (χ3v) is 5.18. The van der Waals surface area contributed by atoms with E-state index in [2.05, 4.69) is 19.9 Å². The maximum absolute atomic E-state index is 12.9. The number of Topliss-reactive ketones (excluding diaryl/α,β-unsaturated/α-hetero) is 2. The second-order valence-electron chi connectivity index (χ2n) is 7.67. The first-order chi connectivity index (χ1) is 11.2. The summed E-state index contributed by atoms with van der Waals surface area (Å²) < 4.78 is 0. The van der Waals surface area contributed by atoms with E-state index in [1.165, 1.54) is 0 Å². The highest BCUT2D eigenvalue weighted by atomic mass is 16.1. The summed E-state index contributed by atoms with van der Waals surface area (Å²) in [6.45, 7) is 10.2. The van der Waals surface area contributed by atoms with Gasteiger partial charge >= 0.3 is 0 Å². The van der Waals surface area contributed by atoms with Crippen LogP contribution in [0, 0.1) is 17.3 Å². The fourth-order valence-corrected chi connectivity index (χ4v) is 3.54. The number of rotatable bonds is 6. The largest absolute Gasteiger partial charge is 0.295 e. The SMILES string of the molecule is CC1=C(C(=O)CC(C)C(C)C(=O)c2ccccc2)C(C)(C)CC=C1. The molecule has 0 N–H and O–H groups in total. The van der Waals surface area contributed by atoms with E-state index in [0.29, 0.717) is 6.42 Å². The molecule has 1 aromatic carbocycles. The van der Waals surface area contributed by atoms with Crippen LogP contribution >= 0.6 is 0 Å². The van der Waals surface area contributed by atoms with Crippen molar-refractivity contribution in [3.63, 3.8) is 0 Å². The summed E-state index contributed by atoms with van der Waals surface area (Å²) in [7, 11) is 0. The molecule has 0 saturated carbocycles. The van der Waals surface area contributed by atoms with Crippen molar-refractivity contribution in [2.24, 2.45) is 17.3 Å². The summed E-state index contributed by atoms with van der Waals surface area (Å²) in [4.78, 5) is 25.5. The molecule has 0 bridgehead atoms. The molecule has 1 aromatic rings. The third-order valence-electron chi connectivity index (χ3n) is 5.18. The van der Waals surface area contributed by atoms with Gasteiger partial charge in [-0.3, -0.25) is 9.59 Å². The number of benzene rings is 1. The summed E-state index contributed by atoms with van der Waals surface area (Å²) in [5.74, 6) is 0.151. The van der Waals surface area contributed by atoms with Crippen LogP contribution < -0.4 is 0 Å². The molecule has 2 heteroatoms. The van der Waals surface area contributed by atoms with E-state index < -0.39 is 0 Å². The van der Waals surface area contributed by atoms with E-state index in [-0.39, 0.29) is 28.8 Å². The molecule has 0 saturated heterocycles. The van der Waals surface area contributed by atoms with Gasteiger partial charge < -0.3 is 0 Å². The Bertz CT molecular complexity index is 677. The summed E-state index contributed by atoms with van der Waals surface area (Å²) in [5.41, 5.74) is 2.59. The normalized spacial score (nSPS) is 19.0. The van der Waals surface area contributed by atoms with Gasteiger partial charge in [-0.1, -0.05) is 70.2 Å². The molecule has 2 unspecified atom stereocenters. The van der Waals surface area contributed by atoms with Gasteiger partial charge in [0.05, 0.1) is 0 Å². The first-order valence-electron chi connectivity index (χ1n) is 8.74. The van der Waals surface area contributed by atoms with Crippen LogP contribution in [0.1, 0.15) is 57.8 Å². The van der Waals surface area contributed by atoms with Crippen molar-refractivity contribution in [3.05, 3.63) is 59.2 Å². The molecule has 0 fully saturated rings. The standard InChI is InChI=1S/C22H28O2/c1-15-10-9-13-22(4,5)20(15)19(23)14-16(2)17(3)21(24)18-11-7-6-8-12-18/h6-12,16-17H,13-14H2,1-5H3. The highest BCUT2D eigenvalue weighted by molar-refractivity contribution is 6.00. The van der Waals surface area contributed by atoms with Crippen LogP contribution in [0.4, 0.5) is 0 Å². The zero-order chi connectivity index (χ0) is 17.9. The minimum atomic E-state index is -0.167. The molecule has 0 amide bonds. The van der Waals surface area contributed by atoms with Crippen molar-refractivity contribution in [2.75, 3.05) is 0 Å². The van der Waals surface area contributed by atoms with Gasteiger partial charge in [0.2, 0.25) is 0 Å². The van der Waals surface area contributed by atoms with Crippen molar-refractivity contribution in [1.82, 2.24) is 0 Å². The Morgan fingerprint density at radius 1 is 1.12 bits per heavy atom. The minimum absolute atomic E-state index is 0.0206. The van der Waals surface area contributed by atoms with Gasteiger partial charge in [0, 0.05) is 23.5 Å². The summed E-state index contributed by atoms with van der Waals surface area (Å²) >= 11 is 0. The highest BCUT2D eigenvalue weighted by Crippen LogP contribution is 2.38.